The lowest BCUT2D eigenvalue weighted by molar-refractivity contribution is -0.265. The minimum absolute atomic E-state index is 0.0228. The number of aromatic nitrogens is 8. The number of aliphatic hydroxyl groups excluding tert-OH is 2. The highest BCUT2D eigenvalue weighted by Gasteiger charge is 2.53. The number of aliphatic hydroxyl groups is 3. The molecule has 15 atom stereocenters. The van der Waals surface area contributed by atoms with Crippen LogP contribution in [0.2, 0.25) is 0 Å². The molecule has 33 heteroatoms. The van der Waals surface area contributed by atoms with Gasteiger partial charge >= 0.3 is 5.97 Å². The van der Waals surface area contributed by atoms with E-state index < -0.39 is 95.4 Å². The number of hydrogen-bond donors (Lipinski definition) is 8. The summed E-state index contributed by atoms with van der Waals surface area (Å²) < 4.78 is 56.7. The van der Waals surface area contributed by atoms with Crippen molar-refractivity contribution in [1.29, 1.82) is 0 Å². The predicted octanol–water partition coefficient (Wildman–Crippen LogP) is 6.90. The van der Waals surface area contributed by atoms with E-state index in [1.54, 1.807) is 50.4 Å². The molecule has 1 saturated carbocycles. The Bertz CT molecular complexity index is 4200. The minimum Gasteiger partial charge on any atom is -0.459 e. The predicted molar refractivity (Wildman–Crippen MR) is 435 cm³/mol. The summed E-state index contributed by atoms with van der Waals surface area (Å²) in [5, 5.41) is 54.4. The molecule has 2 saturated heterocycles. The van der Waals surface area contributed by atoms with Crippen molar-refractivity contribution in [2.45, 2.75) is 244 Å². The first-order chi connectivity index (χ1) is 56.2. The molecule has 0 spiro atoms. The second-order valence-electron chi connectivity index (χ2n) is 31.7. The van der Waals surface area contributed by atoms with Crippen molar-refractivity contribution in [2.24, 2.45) is 35.3 Å². The van der Waals surface area contributed by atoms with Gasteiger partial charge in [0.25, 0.3) is 17.7 Å². The Morgan fingerprint density at radius 3 is 2.28 bits per heavy atom. The first-order valence-corrected chi connectivity index (χ1v) is 41.6. The Morgan fingerprint density at radius 1 is 0.769 bits per heavy atom. The summed E-state index contributed by atoms with van der Waals surface area (Å²) in [4.78, 5) is 110. The number of rotatable bonds is 33. The number of unbranched alkanes of at least 4 members (excludes halogenated alkanes) is 2. The van der Waals surface area contributed by atoms with Crippen LogP contribution in [0.25, 0.3) is 33.4 Å². The summed E-state index contributed by atoms with van der Waals surface area (Å²) in [6.45, 7) is 14.9. The summed E-state index contributed by atoms with van der Waals surface area (Å²) >= 11 is 0. The third-order valence-corrected chi connectivity index (χ3v) is 22.7. The zero-order chi connectivity index (χ0) is 84.1. The molecule has 3 amide bonds. The molecule has 7 heterocycles. The fourth-order valence-electron chi connectivity index (χ4n) is 15.7. The SMILES string of the molecule is CO[C@H]1C[C@@H]2CC[C@@H](C)[C@@](O)(O2)C(=O)C(=O)N2CCCC[C@H]2C(=O)O[C@H]([C@H](N)C[C@@H]2CC[C@@H](OCCCCc3cn(CCOCCOCCOCCNC(=O)CCCC(=O)NCCCCn4nc(-c5ccc6oc(N)nc6c5)c5c(N)ncnc54)nn3)[C@H](OC)C2)CC(=O)[C@H](C)/C=C(\C)[C@@H](O)[C@@H](O)C(=O)[C@H](C)C[C@H](C)/C=C/C=CC=C1C. The van der Waals surface area contributed by atoms with Crippen molar-refractivity contribution in [1.82, 2.24) is 55.3 Å². The topological polar surface area (TPSA) is 460 Å². The maximum absolute atomic E-state index is 14.7. The maximum atomic E-state index is 14.7. The molecule has 117 heavy (non-hydrogen) atoms. The molecule has 33 nitrogen and oxygen atoms in total. The number of methoxy groups -OCH3 is 2. The fourth-order valence-corrected chi connectivity index (χ4v) is 15.7. The van der Waals surface area contributed by atoms with Gasteiger partial charge in [-0.1, -0.05) is 69.4 Å². The summed E-state index contributed by atoms with van der Waals surface area (Å²) in [6, 6.07) is 3.39. The Balaban J connectivity index is 0.644. The van der Waals surface area contributed by atoms with Crippen LogP contribution >= 0.6 is 0 Å². The Morgan fingerprint density at radius 2 is 1.52 bits per heavy atom. The number of hydrogen-bond acceptors (Lipinski definition) is 28. The van der Waals surface area contributed by atoms with Gasteiger partial charge in [0.05, 0.1) is 81.7 Å². The highest BCUT2D eigenvalue weighted by atomic mass is 16.6. The number of allylic oxidation sites excluding steroid dienone is 6. The van der Waals surface area contributed by atoms with Crippen molar-refractivity contribution in [3.63, 3.8) is 0 Å². The number of anilines is 2. The zero-order valence-corrected chi connectivity index (χ0v) is 69.2. The highest BCUT2D eigenvalue weighted by molar-refractivity contribution is 6.39. The van der Waals surface area contributed by atoms with Crippen molar-refractivity contribution >= 4 is 75.0 Å². The van der Waals surface area contributed by atoms with Gasteiger partial charge in [-0.2, -0.15) is 10.1 Å². The molecule has 2 bridgehead atoms. The number of Topliss-reactive ketones (excluding diaryl/α,β-unsaturated/α-hetero) is 3. The zero-order valence-electron chi connectivity index (χ0n) is 69.2. The number of fused-ring (bicyclic) bond motifs is 5. The van der Waals surface area contributed by atoms with Crippen LogP contribution in [-0.2, 0) is 91.0 Å². The van der Waals surface area contributed by atoms with Crippen LogP contribution in [0.1, 0.15) is 169 Å². The van der Waals surface area contributed by atoms with Gasteiger partial charge in [0.15, 0.2) is 17.0 Å². The number of piperidine rings is 1. The Kier molecular flexibility index (Phi) is 36.4. The quantitative estimate of drug-likeness (QED) is 0.00915. The van der Waals surface area contributed by atoms with E-state index in [2.05, 4.69) is 35.9 Å². The van der Waals surface area contributed by atoms with E-state index >= 15 is 0 Å². The van der Waals surface area contributed by atoms with Crippen LogP contribution in [0.4, 0.5) is 11.8 Å². The van der Waals surface area contributed by atoms with Gasteiger partial charge < -0.3 is 90.4 Å². The number of nitrogen functional groups attached to an aromatic ring is 2. The van der Waals surface area contributed by atoms with E-state index in [4.69, 9.17) is 64.6 Å². The number of carbonyl (C=O) groups excluding carboxylic acids is 7. The van der Waals surface area contributed by atoms with Crippen molar-refractivity contribution in [2.75, 3.05) is 91.6 Å². The van der Waals surface area contributed by atoms with E-state index in [1.165, 1.54) is 19.3 Å². The average Bonchev–Trinajstić information content (AvgIpc) is 1.76. The van der Waals surface area contributed by atoms with Crippen LogP contribution in [0.15, 0.2) is 82.7 Å². The Labute approximate surface area is 684 Å². The number of nitrogens with two attached hydrogens (primary N) is 3. The molecule has 9 rings (SSSR count). The monoisotopic (exact) mass is 1630 g/mol. The lowest BCUT2D eigenvalue weighted by Gasteiger charge is -2.42. The van der Waals surface area contributed by atoms with Gasteiger partial charge in [-0.15, -0.1) is 5.10 Å². The lowest BCUT2D eigenvalue weighted by atomic mass is 9.80. The molecule has 4 aromatic heterocycles. The molecule has 644 valence electrons. The molecule has 0 radical (unpaired) electrons. The normalized spacial score (nSPS) is 27.0. The van der Waals surface area contributed by atoms with Crippen LogP contribution in [0.5, 0.6) is 0 Å². The number of oxazole rings is 1. The van der Waals surface area contributed by atoms with E-state index in [0.717, 1.165) is 34.6 Å². The molecule has 3 aliphatic heterocycles. The molecule has 1 aromatic carbocycles. The standard InChI is InChI=1S/C84H124N14O19/c1-52-19-10-9-11-20-53(2)68(109-7)48-61-28-25-57(6)84(108,117-61)78(105)81(106)97-33-15-12-22-64(97)82(107)115-69(49-65(99)54(3)44-56(5)76(103)77(104)75(102)55(4)43-52)62(85)45-58-26-29-67(70(46-58)110-8)114-36-17-13-21-60-50-96(95-93-60)35-38-112-40-42-113-41-39-111-37-32-89-72(101)24-18-23-71(100)88-31-14-16-34-98-80-73(79(86)90-51-91-80)74(94-98)59-27-30-66-63(47-59)92-83(87)116-66/h9-11,19-20,27,30,44,47,50-52,54-55,57-58,61-62,64,67-70,76-77,103-104,108H,12-18,21-26,28-29,31-43,45-46,48-49,85H2,1-8H3,(H2,87,92)(H,88,100)(H,89,101)(H2,86,90,91)/b11-9?,19-10+,53-20?,56-44+/t52-,54-,55-,57-,58+,61+,62-,64+,67-,68+,69+,70-,76-,77+,84-/m1/s1. The molecule has 11 N–H and O–H groups in total. The smallest absolute Gasteiger partial charge is 0.329 e. The second-order valence-corrected chi connectivity index (χ2v) is 31.7. The van der Waals surface area contributed by atoms with Crippen molar-refractivity contribution < 1.29 is 91.2 Å². The third kappa shape index (κ3) is 26.9. The first-order valence-electron chi connectivity index (χ1n) is 41.6. The number of esters is 1. The first kappa shape index (κ1) is 92.3. The molecule has 4 aliphatic rings. The number of nitrogens with one attached hydrogen (secondary N) is 2. The fraction of sp³-hybridized carbons (Fsp3) is 0.655. The van der Waals surface area contributed by atoms with Crippen molar-refractivity contribution in [3.05, 3.63) is 84.0 Å². The molecular weight excluding hydrogens is 1510 g/mol. The number of carbonyl (C=O) groups is 7. The minimum atomic E-state index is -2.49. The number of ketones is 3. The summed E-state index contributed by atoms with van der Waals surface area (Å²) in [5.41, 5.74) is 24.1. The average molecular weight is 1630 g/mol. The van der Waals surface area contributed by atoms with Crippen LogP contribution in [-0.4, -0.2) is 242 Å². The Hall–Kier alpha value is -8.61. The number of ether oxygens (including phenoxy) is 8. The van der Waals surface area contributed by atoms with Gasteiger partial charge in [0.1, 0.15) is 53.5 Å². The summed E-state index contributed by atoms with van der Waals surface area (Å²) in [6.07, 6.45) is 17.1. The number of cyclic esters (lactones) is 1. The highest BCUT2D eigenvalue weighted by Crippen LogP contribution is 2.39. The van der Waals surface area contributed by atoms with E-state index in [9.17, 15) is 48.9 Å². The van der Waals surface area contributed by atoms with Gasteiger partial charge in [-0.05, 0) is 158 Å². The van der Waals surface area contributed by atoms with E-state index in [0.29, 0.717) is 190 Å². The largest absolute Gasteiger partial charge is 0.459 e. The molecular formula is C84H124N14O19. The van der Waals surface area contributed by atoms with E-state index in [-0.39, 0.29) is 86.1 Å². The van der Waals surface area contributed by atoms with Gasteiger partial charge in [0.2, 0.25) is 17.6 Å². The molecule has 5 aromatic rings. The number of aryl methyl sites for hydroxylation is 2. The third-order valence-electron chi connectivity index (χ3n) is 22.7. The van der Waals surface area contributed by atoms with Crippen LogP contribution in [0, 0.1) is 29.6 Å². The maximum Gasteiger partial charge on any atom is 0.329 e. The van der Waals surface area contributed by atoms with E-state index in [1.807, 2.05) is 62.6 Å². The molecule has 3 fully saturated rings. The lowest BCUT2D eigenvalue weighted by Crippen LogP contribution is -2.61. The van der Waals surface area contributed by atoms with Crippen molar-refractivity contribution in [3.8, 4) is 11.3 Å². The van der Waals surface area contributed by atoms with Gasteiger partial charge in [-0.25, -0.2) is 24.1 Å². The van der Waals surface area contributed by atoms with Crippen LogP contribution < -0.4 is 27.8 Å². The molecule has 1 aliphatic carbocycles. The van der Waals surface area contributed by atoms with Crippen LogP contribution in [0.3, 0.4) is 0 Å². The number of nitrogens with zero attached hydrogens (tertiary/aromatic N) is 9. The van der Waals surface area contributed by atoms with Gasteiger partial charge in [-0.3, -0.25) is 28.8 Å². The molecule has 0 unspecified atom stereocenters. The van der Waals surface area contributed by atoms with Gasteiger partial charge in [0, 0.05) is 108 Å². The second kappa shape index (κ2) is 46.1. The summed E-state index contributed by atoms with van der Waals surface area (Å²) in [5.74, 6) is -8.90. The number of benzene rings is 1. The summed E-state index contributed by atoms with van der Waals surface area (Å²) in [7, 11) is 3.19. The number of amides is 3.